The van der Waals surface area contributed by atoms with Gasteiger partial charge in [0.1, 0.15) is 6.04 Å². The number of amides is 2. The lowest BCUT2D eigenvalue weighted by atomic mass is 10.1. The van der Waals surface area contributed by atoms with Crippen LogP contribution in [-0.4, -0.2) is 43.9 Å². The zero-order valence-electron chi connectivity index (χ0n) is 11.7. The first kappa shape index (κ1) is 13.4. The van der Waals surface area contributed by atoms with Crippen LogP contribution in [0.3, 0.4) is 0 Å². The summed E-state index contributed by atoms with van der Waals surface area (Å²) in [5.74, 6) is -0.306. The van der Waals surface area contributed by atoms with Gasteiger partial charge in [0.2, 0.25) is 5.91 Å². The fourth-order valence-corrected chi connectivity index (χ4v) is 2.25. The number of carbonyl (C=O) groups excluding carboxylic acids is 2. The van der Waals surface area contributed by atoms with Crippen molar-refractivity contribution in [2.75, 3.05) is 31.4 Å². The molecule has 102 valence electrons. The van der Waals surface area contributed by atoms with E-state index in [1.165, 1.54) is 17.5 Å². The number of carbonyl (C=O) groups is 2. The van der Waals surface area contributed by atoms with E-state index in [1.807, 2.05) is 44.1 Å². The smallest absolute Gasteiger partial charge is 0.251 e. The second-order valence-electron chi connectivity index (χ2n) is 5.09. The molecule has 1 aliphatic rings. The average Bonchev–Trinajstić information content (AvgIpc) is 2.59. The van der Waals surface area contributed by atoms with Crippen molar-refractivity contribution in [2.24, 2.45) is 0 Å². The van der Waals surface area contributed by atoms with Gasteiger partial charge in [0, 0.05) is 32.5 Å². The lowest BCUT2D eigenvalue weighted by Crippen LogP contribution is -2.31. The van der Waals surface area contributed by atoms with E-state index in [9.17, 15) is 9.59 Å². The first-order valence-electron chi connectivity index (χ1n) is 6.25. The normalized spacial score (nSPS) is 18.9. The fraction of sp³-hybridized carbons (Fsp3) is 0.429. The molecule has 1 aromatic carbocycles. The highest BCUT2D eigenvalue weighted by molar-refractivity contribution is 6.06. The maximum absolute atomic E-state index is 11.8. The van der Waals surface area contributed by atoms with Crippen molar-refractivity contribution >= 4 is 23.2 Å². The van der Waals surface area contributed by atoms with E-state index >= 15 is 0 Å². The van der Waals surface area contributed by atoms with Gasteiger partial charge in [-0.3, -0.25) is 14.5 Å². The van der Waals surface area contributed by atoms with Crippen LogP contribution < -0.4 is 10.2 Å². The third-order valence-corrected chi connectivity index (χ3v) is 3.41. The van der Waals surface area contributed by atoms with Crippen molar-refractivity contribution in [1.29, 1.82) is 0 Å². The molecule has 1 fully saturated rings. The Balaban J connectivity index is 2.18. The van der Waals surface area contributed by atoms with Gasteiger partial charge in [-0.15, -0.1) is 0 Å². The molecule has 2 rings (SSSR count). The molecule has 0 aromatic heterocycles. The summed E-state index contributed by atoms with van der Waals surface area (Å²) in [5, 5.41) is 3.14. The molecule has 1 heterocycles. The predicted octanol–water partition coefficient (Wildman–Crippen LogP) is 1.23. The number of hydrogen-bond acceptors (Lipinski definition) is 4. The Morgan fingerprint density at radius 1 is 1.32 bits per heavy atom. The van der Waals surface area contributed by atoms with Crippen molar-refractivity contribution in [2.45, 2.75) is 19.4 Å². The molecule has 0 aliphatic carbocycles. The Morgan fingerprint density at radius 2 is 2.00 bits per heavy atom. The molecular formula is C14H19N3O2. The second kappa shape index (κ2) is 4.91. The summed E-state index contributed by atoms with van der Waals surface area (Å²) >= 11 is 0. The van der Waals surface area contributed by atoms with Gasteiger partial charge in [-0.2, -0.15) is 0 Å². The van der Waals surface area contributed by atoms with E-state index in [0.29, 0.717) is 0 Å². The number of likely N-dealkylation sites (tertiary alicyclic amines) is 1. The molecule has 1 aromatic rings. The third-order valence-electron chi connectivity index (χ3n) is 3.41. The molecule has 1 atom stereocenters. The lowest BCUT2D eigenvalue weighted by molar-refractivity contribution is -0.136. The molecule has 19 heavy (non-hydrogen) atoms. The number of benzene rings is 1. The van der Waals surface area contributed by atoms with Crippen LogP contribution in [0.4, 0.5) is 11.4 Å². The van der Waals surface area contributed by atoms with E-state index in [0.717, 1.165) is 11.4 Å². The lowest BCUT2D eigenvalue weighted by Gasteiger charge is -2.19. The number of nitrogens with zero attached hydrogens (tertiary/aromatic N) is 2. The predicted molar refractivity (Wildman–Crippen MR) is 75.3 cm³/mol. The van der Waals surface area contributed by atoms with Gasteiger partial charge >= 0.3 is 0 Å². The Bertz CT molecular complexity index is 525. The Morgan fingerprint density at radius 3 is 2.53 bits per heavy atom. The molecule has 0 radical (unpaired) electrons. The third kappa shape index (κ3) is 2.54. The average molecular weight is 261 g/mol. The van der Waals surface area contributed by atoms with E-state index in [2.05, 4.69) is 5.32 Å². The topological polar surface area (TPSA) is 52.7 Å². The highest BCUT2D eigenvalue weighted by Gasteiger charge is 2.35. The van der Waals surface area contributed by atoms with Crippen LogP contribution in [0.5, 0.6) is 0 Å². The maximum atomic E-state index is 11.8. The first-order valence-corrected chi connectivity index (χ1v) is 6.25. The summed E-state index contributed by atoms with van der Waals surface area (Å²) in [6, 6.07) is 5.47. The maximum Gasteiger partial charge on any atom is 0.251 e. The summed E-state index contributed by atoms with van der Waals surface area (Å²) in [5.41, 5.74) is 3.12. The highest BCUT2D eigenvalue weighted by Crippen LogP contribution is 2.24. The minimum absolute atomic E-state index is 0.137. The van der Waals surface area contributed by atoms with Crippen molar-refractivity contribution in [3.05, 3.63) is 23.8 Å². The molecule has 1 saturated heterocycles. The summed E-state index contributed by atoms with van der Waals surface area (Å²) in [6.07, 6.45) is 0.223. The summed E-state index contributed by atoms with van der Waals surface area (Å²) in [4.78, 5) is 26.5. The van der Waals surface area contributed by atoms with Crippen molar-refractivity contribution in [1.82, 2.24) is 4.90 Å². The first-order chi connectivity index (χ1) is 8.90. The molecular weight excluding hydrogens is 242 g/mol. The molecule has 2 amide bonds. The Kier molecular flexibility index (Phi) is 3.46. The molecule has 1 unspecified atom stereocenters. The van der Waals surface area contributed by atoms with E-state index in [-0.39, 0.29) is 18.2 Å². The van der Waals surface area contributed by atoms with Crippen LogP contribution in [0.1, 0.15) is 12.0 Å². The number of rotatable bonds is 3. The zero-order chi connectivity index (χ0) is 14.2. The van der Waals surface area contributed by atoms with E-state index in [1.54, 1.807) is 0 Å². The number of nitrogens with one attached hydrogen (secondary N) is 1. The van der Waals surface area contributed by atoms with Crippen LogP contribution in [-0.2, 0) is 9.59 Å². The summed E-state index contributed by atoms with van der Waals surface area (Å²) in [6.45, 7) is 2.04. The minimum Gasteiger partial charge on any atom is -0.377 e. The number of anilines is 2. The molecule has 0 spiro atoms. The van der Waals surface area contributed by atoms with Crippen LogP contribution >= 0.6 is 0 Å². The van der Waals surface area contributed by atoms with E-state index < -0.39 is 6.04 Å². The van der Waals surface area contributed by atoms with Crippen LogP contribution in [0.2, 0.25) is 0 Å². The van der Waals surface area contributed by atoms with Gasteiger partial charge in [0.05, 0.1) is 6.42 Å². The van der Waals surface area contributed by atoms with Gasteiger partial charge in [-0.25, -0.2) is 0 Å². The van der Waals surface area contributed by atoms with Crippen LogP contribution in [0.25, 0.3) is 0 Å². The van der Waals surface area contributed by atoms with Crippen molar-refractivity contribution < 1.29 is 9.59 Å². The number of hydrogen-bond donors (Lipinski definition) is 1. The second-order valence-corrected chi connectivity index (χ2v) is 5.09. The van der Waals surface area contributed by atoms with Gasteiger partial charge in [-0.05, 0) is 24.6 Å². The van der Waals surface area contributed by atoms with Gasteiger partial charge in [0.15, 0.2) is 0 Å². The standard InChI is InChI=1S/C14H19N3O2/c1-9-5-6-10(7-12(9)16(2)3)15-11-8-13(18)17(4)14(11)19/h5-7,11,15H,8H2,1-4H3. The molecule has 0 bridgehead atoms. The quantitative estimate of drug-likeness (QED) is 0.832. The Hall–Kier alpha value is -2.04. The SMILES string of the molecule is Cc1ccc(NC2CC(=O)N(C)C2=O)cc1N(C)C. The monoisotopic (exact) mass is 261 g/mol. The Labute approximate surface area is 113 Å². The summed E-state index contributed by atoms with van der Waals surface area (Å²) in [7, 11) is 5.47. The van der Waals surface area contributed by atoms with Crippen molar-refractivity contribution in [3.63, 3.8) is 0 Å². The molecule has 0 saturated carbocycles. The zero-order valence-corrected chi connectivity index (χ0v) is 11.7. The van der Waals surface area contributed by atoms with Gasteiger partial charge in [0.25, 0.3) is 5.91 Å². The van der Waals surface area contributed by atoms with Crippen LogP contribution in [0, 0.1) is 6.92 Å². The van der Waals surface area contributed by atoms with Gasteiger partial charge < -0.3 is 10.2 Å². The van der Waals surface area contributed by atoms with E-state index in [4.69, 9.17) is 0 Å². The van der Waals surface area contributed by atoms with Gasteiger partial charge in [-0.1, -0.05) is 6.07 Å². The molecule has 1 N–H and O–H groups in total. The number of aryl methyl sites for hydroxylation is 1. The number of likely N-dealkylation sites (N-methyl/N-ethyl adjacent to an activating group) is 1. The summed E-state index contributed by atoms with van der Waals surface area (Å²) < 4.78 is 0. The molecule has 5 heteroatoms. The van der Waals surface area contributed by atoms with Crippen molar-refractivity contribution in [3.8, 4) is 0 Å². The number of imide groups is 1. The van der Waals surface area contributed by atoms with Crippen LogP contribution in [0.15, 0.2) is 18.2 Å². The fourth-order valence-electron chi connectivity index (χ4n) is 2.25. The molecule has 1 aliphatic heterocycles. The molecule has 5 nitrogen and oxygen atoms in total. The largest absolute Gasteiger partial charge is 0.377 e. The highest BCUT2D eigenvalue weighted by atomic mass is 16.2. The minimum atomic E-state index is -0.449.